The first-order valence-electron chi connectivity index (χ1n) is 9.23. The molecule has 1 aliphatic rings. The minimum atomic E-state index is 0. The van der Waals surface area contributed by atoms with E-state index in [-0.39, 0.29) is 29.5 Å². The molecule has 0 bridgehead atoms. The van der Waals surface area contributed by atoms with Gasteiger partial charge in [-0.2, -0.15) is 5.10 Å². The number of benzene rings is 1. The molecule has 1 aliphatic heterocycles. The highest BCUT2D eigenvalue weighted by molar-refractivity contribution is 14.0. The molecule has 0 radical (unpaired) electrons. The van der Waals surface area contributed by atoms with Crippen molar-refractivity contribution in [1.29, 1.82) is 0 Å². The summed E-state index contributed by atoms with van der Waals surface area (Å²) in [5.74, 6) is 0.816. The summed E-state index contributed by atoms with van der Waals surface area (Å²) >= 11 is 0. The molecule has 0 unspecified atom stereocenters. The number of aliphatic imine (C=N–C) groups is 1. The summed E-state index contributed by atoms with van der Waals surface area (Å²) < 4.78 is 1.87. The van der Waals surface area contributed by atoms with E-state index >= 15 is 0 Å². The van der Waals surface area contributed by atoms with E-state index in [1.54, 1.807) is 0 Å². The van der Waals surface area contributed by atoms with Gasteiger partial charge in [0.05, 0.1) is 12.2 Å². The van der Waals surface area contributed by atoms with E-state index in [9.17, 15) is 0 Å². The van der Waals surface area contributed by atoms with E-state index in [2.05, 4.69) is 63.7 Å². The molecule has 0 spiro atoms. The van der Waals surface area contributed by atoms with Crippen molar-refractivity contribution < 1.29 is 0 Å². The Morgan fingerprint density at radius 2 is 1.93 bits per heavy atom. The maximum absolute atomic E-state index is 4.35. The monoisotopic (exact) mass is 482 g/mol. The Labute approximate surface area is 179 Å². The van der Waals surface area contributed by atoms with Gasteiger partial charge in [0.2, 0.25) is 0 Å². The Morgan fingerprint density at radius 1 is 1.19 bits per heavy atom. The Hall–Kier alpha value is -1.61. The molecular formula is C20H31IN6. The summed E-state index contributed by atoms with van der Waals surface area (Å²) in [6, 6.07) is 10.8. The number of nitrogens with zero attached hydrogens (tertiary/aromatic N) is 4. The standard InChI is InChI=1S/C20H30N6.HI/c1-20(2,26-12-10-16-7-5-6-8-17(16)14-26)15-23-19(21-3)22-13-18-9-11-24-25(18)4;/h5-9,11H,10,12-15H2,1-4H3,(H2,21,22,23);1H. The Bertz CT molecular complexity index is 767. The lowest BCUT2D eigenvalue weighted by Crippen LogP contribution is -2.54. The molecule has 1 aromatic carbocycles. The van der Waals surface area contributed by atoms with Crippen molar-refractivity contribution in [3.05, 3.63) is 53.3 Å². The zero-order valence-electron chi connectivity index (χ0n) is 16.7. The fourth-order valence-corrected chi connectivity index (χ4v) is 3.39. The zero-order valence-corrected chi connectivity index (χ0v) is 19.0. The van der Waals surface area contributed by atoms with E-state index in [0.717, 1.165) is 37.7 Å². The van der Waals surface area contributed by atoms with Gasteiger partial charge in [0.15, 0.2) is 5.96 Å². The number of hydrogen-bond acceptors (Lipinski definition) is 3. The van der Waals surface area contributed by atoms with Crippen molar-refractivity contribution >= 4 is 29.9 Å². The van der Waals surface area contributed by atoms with E-state index in [0.29, 0.717) is 6.54 Å². The van der Waals surface area contributed by atoms with E-state index < -0.39 is 0 Å². The molecule has 6 nitrogen and oxygen atoms in total. The number of nitrogens with one attached hydrogen (secondary N) is 2. The second-order valence-corrected chi connectivity index (χ2v) is 7.48. The minimum Gasteiger partial charge on any atom is -0.355 e. The largest absolute Gasteiger partial charge is 0.355 e. The van der Waals surface area contributed by atoms with Gasteiger partial charge in [-0.1, -0.05) is 24.3 Å². The van der Waals surface area contributed by atoms with Gasteiger partial charge >= 0.3 is 0 Å². The summed E-state index contributed by atoms with van der Waals surface area (Å²) in [5, 5.41) is 11.0. The number of rotatable bonds is 5. The molecule has 2 N–H and O–H groups in total. The highest BCUT2D eigenvalue weighted by atomic mass is 127. The van der Waals surface area contributed by atoms with Crippen molar-refractivity contribution in [3.63, 3.8) is 0 Å². The minimum absolute atomic E-state index is 0. The van der Waals surface area contributed by atoms with E-state index in [1.807, 2.05) is 31.0 Å². The van der Waals surface area contributed by atoms with Gasteiger partial charge in [0.1, 0.15) is 0 Å². The van der Waals surface area contributed by atoms with Gasteiger partial charge in [-0.25, -0.2) is 0 Å². The van der Waals surface area contributed by atoms with Crippen molar-refractivity contribution in [2.75, 3.05) is 20.1 Å². The second-order valence-electron chi connectivity index (χ2n) is 7.48. The van der Waals surface area contributed by atoms with Crippen molar-refractivity contribution in [1.82, 2.24) is 25.3 Å². The fraction of sp³-hybridized carbons (Fsp3) is 0.500. The van der Waals surface area contributed by atoms with Crippen molar-refractivity contribution in [3.8, 4) is 0 Å². The Balaban J connectivity index is 0.00000261. The molecule has 0 saturated carbocycles. The van der Waals surface area contributed by atoms with Crippen LogP contribution in [0.4, 0.5) is 0 Å². The third kappa shape index (κ3) is 5.44. The predicted octanol–water partition coefficient (Wildman–Crippen LogP) is 2.54. The van der Waals surface area contributed by atoms with E-state index in [4.69, 9.17) is 0 Å². The highest BCUT2D eigenvalue weighted by Gasteiger charge is 2.29. The van der Waals surface area contributed by atoms with Crippen LogP contribution in [0.25, 0.3) is 0 Å². The number of aryl methyl sites for hydroxylation is 1. The van der Waals surface area contributed by atoms with Crippen LogP contribution in [0.3, 0.4) is 0 Å². The molecule has 27 heavy (non-hydrogen) atoms. The van der Waals surface area contributed by atoms with Crippen LogP contribution in [0.5, 0.6) is 0 Å². The Kier molecular flexibility index (Phi) is 7.67. The van der Waals surface area contributed by atoms with Gasteiger partial charge in [-0.15, -0.1) is 24.0 Å². The van der Waals surface area contributed by atoms with Crippen LogP contribution in [-0.2, 0) is 26.6 Å². The normalized spacial score (nSPS) is 15.0. The molecule has 0 atom stereocenters. The van der Waals surface area contributed by atoms with Crippen LogP contribution in [-0.4, -0.2) is 46.3 Å². The molecule has 1 aromatic heterocycles. The summed E-state index contributed by atoms with van der Waals surface area (Å²) in [7, 11) is 3.76. The lowest BCUT2D eigenvalue weighted by molar-refractivity contribution is 0.107. The zero-order chi connectivity index (χ0) is 18.6. The quantitative estimate of drug-likeness (QED) is 0.391. The van der Waals surface area contributed by atoms with Gasteiger partial charge in [0, 0.05) is 45.5 Å². The number of halogens is 1. The third-order valence-electron chi connectivity index (χ3n) is 5.26. The van der Waals surface area contributed by atoms with Crippen LogP contribution in [0.1, 0.15) is 30.7 Å². The number of fused-ring (bicyclic) bond motifs is 1. The summed E-state index contributed by atoms with van der Waals surface area (Å²) in [4.78, 5) is 6.90. The van der Waals surface area contributed by atoms with Crippen LogP contribution in [0.2, 0.25) is 0 Å². The summed E-state index contributed by atoms with van der Waals surface area (Å²) in [5.41, 5.74) is 4.10. The lowest BCUT2D eigenvalue weighted by atomic mass is 9.94. The smallest absolute Gasteiger partial charge is 0.191 e. The third-order valence-corrected chi connectivity index (χ3v) is 5.26. The molecule has 0 saturated heterocycles. The molecule has 0 amide bonds. The molecule has 7 heteroatoms. The topological polar surface area (TPSA) is 57.5 Å². The van der Waals surface area contributed by atoms with Gasteiger partial charge < -0.3 is 10.6 Å². The maximum Gasteiger partial charge on any atom is 0.191 e. The molecule has 3 rings (SSSR count). The van der Waals surface area contributed by atoms with Gasteiger partial charge in [-0.05, 0) is 37.5 Å². The SMILES string of the molecule is CN=C(NCc1ccnn1C)NCC(C)(C)N1CCc2ccccc2C1.I. The van der Waals surface area contributed by atoms with Crippen LogP contribution >= 0.6 is 24.0 Å². The first-order valence-corrected chi connectivity index (χ1v) is 9.23. The van der Waals surface area contributed by atoms with Crippen LogP contribution < -0.4 is 10.6 Å². The Morgan fingerprint density at radius 3 is 2.59 bits per heavy atom. The highest BCUT2D eigenvalue weighted by Crippen LogP contribution is 2.24. The molecule has 2 aromatic rings. The average Bonchev–Trinajstić information content (AvgIpc) is 3.06. The number of hydrogen-bond donors (Lipinski definition) is 2. The molecule has 0 aliphatic carbocycles. The van der Waals surface area contributed by atoms with Gasteiger partial charge in [0.25, 0.3) is 0 Å². The molecule has 2 heterocycles. The second kappa shape index (κ2) is 9.54. The first kappa shape index (κ1) is 21.7. The van der Waals surface area contributed by atoms with Gasteiger partial charge in [-0.3, -0.25) is 14.6 Å². The van der Waals surface area contributed by atoms with Crippen LogP contribution in [0, 0.1) is 0 Å². The fourth-order valence-electron chi connectivity index (χ4n) is 3.39. The molecule has 0 fully saturated rings. The average molecular weight is 482 g/mol. The molecular weight excluding hydrogens is 451 g/mol. The number of aromatic nitrogens is 2. The summed E-state index contributed by atoms with van der Waals surface area (Å²) in [6.07, 6.45) is 2.93. The number of guanidine groups is 1. The molecule has 148 valence electrons. The van der Waals surface area contributed by atoms with Crippen molar-refractivity contribution in [2.45, 2.75) is 38.9 Å². The van der Waals surface area contributed by atoms with Crippen LogP contribution in [0.15, 0.2) is 41.5 Å². The first-order chi connectivity index (χ1) is 12.5. The van der Waals surface area contributed by atoms with E-state index in [1.165, 1.54) is 11.1 Å². The lowest BCUT2D eigenvalue weighted by Gasteiger charge is -2.42. The maximum atomic E-state index is 4.35. The predicted molar refractivity (Wildman–Crippen MR) is 121 cm³/mol. The van der Waals surface area contributed by atoms with Crippen molar-refractivity contribution in [2.24, 2.45) is 12.0 Å². The summed E-state index contributed by atoms with van der Waals surface area (Å²) in [6.45, 7) is 8.22.